The summed E-state index contributed by atoms with van der Waals surface area (Å²) >= 11 is 1.35. The predicted octanol–water partition coefficient (Wildman–Crippen LogP) is 1.79. The normalized spacial score (nSPS) is 11.5. The van der Waals surface area contributed by atoms with Gasteiger partial charge in [0.1, 0.15) is 5.82 Å². The van der Waals surface area contributed by atoms with Crippen LogP contribution in [0.1, 0.15) is 0 Å². The van der Waals surface area contributed by atoms with Gasteiger partial charge in [-0.2, -0.15) is 9.50 Å². The van der Waals surface area contributed by atoms with Crippen LogP contribution in [0.25, 0.3) is 15.2 Å². The summed E-state index contributed by atoms with van der Waals surface area (Å²) < 4.78 is 15.2. The molecule has 0 saturated heterocycles. The van der Waals surface area contributed by atoms with Gasteiger partial charge in [0.05, 0.1) is 10.2 Å². The Morgan fingerprint density at radius 1 is 1.43 bits per heavy atom. The van der Waals surface area contributed by atoms with Crippen molar-refractivity contribution in [3.63, 3.8) is 0 Å². The second-order valence-corrected chi connectivity index (χ2v) is 3.83. The van der Waals surface area contributed by atoms with Crippen LogP contribution in [-0.2, 0) is 0 Å². The maximum Gasteiger partial charge on any atom is 0.334 e. The smallest absolute Gasteiger partial charge is 0.334 e. The van der Waals surface area contributed by atoms with E-state index in [0.717, 1.165) is 4.70 Å². The highest BCUT2D eigenvalue weighted by Gasteiger charge is 2.09. The third-order valence-electron chi connectivity index (χ3n) is 1.92. The Hall–Kier alpha value is -1.69. The average molecular weight is 209 g/mol. The topological polar surface area (TPSA) is 50.4 Å². The number of aromatic nitrogens is 3. The van der Waals surface area contributed by atoms with Gasteiger partial charge >= 0.3 is 6.01 Å². The highest BCUT2D eigenvalue weighted by molar-refractivity contribution is 7.23. The standard InChI is InChI=1S/C8H4FN3OS/c9-4-1-2-6-5(3-4)12-8(14-6)10-7(13)11-12/h1-3H,(H,11,13). The number of thiazole rings is 1. The average Bonchev–Trinajstić information content (AvgIpc) is 2.62. The SMILES string of the molecule is Oc1nc2sc3ccc(F)cc3n2n1. The molecule has 0 aliphatic rings. The molecular weight excluding hydrogens is 205 g/mol. The van der Waals surface area contributed by atoms with E-state index in [2.05, 4.69) is 10.1 Å². The van der Waals surface area contributed by atoms with E-state index in [0.29, 0.717) is 10.5 Å². The number of hydrogen-bond acceptors (Lipinski definition) is 4. The first-order valence-corrected chi connectivity index (χ1v) is 4.69. The predicted molar refractivity (Wildman–Crippen MR) is 50.0 cm³/mol. The van der Waals surface area contributed by atoms with Crippen LogP contribution < -0.4 is 0 Å². The third-order valence-corrected chi connectivity index (χ3v) is 2.93. The zero-order chi connectivity index (χ0) is 9.71. The molecule has 0 atom stereocenters. The molecule has 0 saturated carbocycles. The fourth-order valence-corrected chi connectivity index (χ4v) is 2.29. The molecule has 4 nitrogen and oxygen atoms in total. The molecule has 3 rings (SSSR count). The van der Waals surface area contributed by atoms with Crippen LogP contribution in [0.15, 0.2) is 18.2 Å². The number of benzene rings is 1. The Morgan fingerprint density at radius 2 is 2.29 bits per heavy atom. The molecule has 0 radical (unpaired) electrons. The molecule has 0 unspecified atom stereocenters. The largest absolute Gasteiger partial charge is 0.478 e. The molecular formula is C8H4FN3OS. The Bertz CT molecular complexity index is 630. The lowest BCUT2D eigenvalue weighted by molar-refractivity contribution is 0.432. The summed E-state index contributed by atoms with van der Waals surface area (Å²) in [5, 5.41) is 12.8. The molecule has 2 heterocycles. The number of halogens is 1. The molecule has 3 aromatic rings. The van der Waals surface area contributed by atoms with Crippen LogP contribution in [0.3, 0.4) is 0 Å². The van der Waals surface area contributed by atoms with Crippen molar-refractivity contribution in [3.05, 3.63) is 24.0 Å². The molecule has 1 aromatic carbocycles. The molecule has 14 heavy (non-hydrogen) atoms. The van der Waals surface area contributed by atoms with E-state index in [1.807, 2.05) is 0 Å². The van der Waals surface area contributed by atoms with Gasteiger partial charge in [0.2, 0.25) is 4.96 Å². The van der Waals surface area contributed by atoms with Crippen molar-refractivity contribution in [1.82, 2.24) is 14.6 Å². The fourth-order valence-electron chi connectivity index (χ4n) is 1.35. The van der Waals surface area contributed by atoms with Crippen molar-refractivity contribution in [2.45, 2.75) is 0 Å². The second kappa shape index (κ2) is 2.42. The van der Waals surface area contributed by atoms with Crippen molar-refractivity contribution in [2.24, 2.45) is 0 Å². The van der Waals surface area contributed by atoms with Gasteiger partial charge in [-0.15, -0.1) is 5.10 Å². The van der Waals surface area contributed by atoms with E-state index in [4.69, 9.17) is 5.11 Å². The number of nitrogens with zero attached hydrogens (tertiary/aromatic N) is 3. The van der Waals surface area contributed by atoms with Gasteiger partial charge in [-0.3, -0.25) is 0 Å². The number of fused-ring (bicyclic) bond motifs is 3. The molecule has 70 valence electrons. The minimum atomic E-state index is -0.327. The molecule has 0 spiro atoms. The van der Waals surface area contributed by atoms with Gasteiger partial charge in [0.15, 0.2) is 0 Å². The van der Waals surface area contributed by atoms with Crippen molar-refractivity contribution in [2.75, 3.05) is 0 Å². The molecule has 1 N–H and O–H groups in total. The summed E-state index contributed by atoms with van der Waals surface area (Å²) in [7, 11) is 0. The molecule has 6 heteroatoms. The van der Waals surface area contributed by atoms with Gasteiger partial charge in [0, 0.05) is 6.07 Å². The monoisotopic (exact) mass is 209 g/mol. The fraction of sp³-hybridized carbons (Fsp3) is 0. The molecule has 0 amide bonds. The van der Waals surface area contributed by atoms with Crippen molar-refractivity contribution < 1.29 is 9.50 Å². The lowest BCUT2D eigenvalue weighted by atomic mass is 10.3. The van der Waals surface area contributed by atoms with Gasteiger partial charge in [0.25, 0.3) is 0 Å². The van der Waals surface area contributed by atoms with Gasteiger partial charge in [-0.1, -0.05) is 11.3 Å². The van der Waals surface area contributed by atoms with Gasteiger partial charge in [-0.25, -0.2) is 4.39 Å². The highest BCUT2D eigenvalue weighted by atomic mass is 32.1. The second-order valence-electron chi connectivity index (χ2n) is 2.82. The molecule has 0 fully saturated rings. The lowest BCUT2D eigenvalue weighted by Gasteiger charge is -1.89. The van der Waals surface area contributed by atoms with Crippen molar-refractivity contribution >= 4 is 26.5 Å². The van der Waals surface area contributed by atoms with E-state index in [1.165, 1.54) is 28.0 Å². The molecule has 0 aliphatic heterocycles. The Labute approximate surface area is 81.2 Å². The molecule has 2 aromatic heterocycles. The van der Waals surface area contributed by atoms with Crippen LogP contribution in [-0.4, -0.2) is 19.7 Å². The van der Waals surface area contributed by atoms with E-state index >= 15 is 0 Å². The summed E-state index contributed by atoms with van der Waals surface area (Å²) in [5.74, 6) is -0.327. The number of aromatic hydroxyl groups is 1. The number of hydrogen-bond donors (Lipinski definition) is 1. The van der Waals surface area contributed by atoms with Gasteiger partial charge in [-0.05, 0) is 12.1 Å². The Morgan fingerprint density at radius 3 is 3.14 bits per heavy atom. The lowest BCUT2D eigenvalue weighted by Crippen LogP contribution is -1.83. The van der Waals surface area contributed by atoms with E-state index in [9.17, 15) is 4.39 Å². The third kappa shape index (κ3) is 0.912. The summed E-state index contributed by atoms with van der Waals surface area (Å²) in [4.78, 5) is 4.34. The summed E-state index contributed by atoms with van der Waals surface area (Å²) in [6.45, 7) is 0. The highest BCUT2D eigenvalue weighted by Crippen LogP contribution is 2.26. The van der Waals surface area contributed by atoms with Crippen LogP contribution in [0, 0.1) is 5.82 Å². The summed E-state index contributed by atoms with van der Waals surface area (Å²) in [6.07, 6.45) is 0. The first-order valence-electron chi connectivity index (χ1n) is 3.88. The van der Waals surface area contributed by atoms with Crippen molar-refractivity contribution in [1.29, 1.82) is 0 Å². The first-order chi connectivity index (χ1) is 6.74. The summed E-state index contributed by atoms with van der Waals surface area (Å²) in [6, 6.07) is 4.13. The zero-order valence-electron chi connectivity index (χ0n) is 6.81. The van der Waals surface area contributed by atoms with Crippen LogP contribution >= 0.6 is 11.3 Å². The van der Waals surface area contributed by atoms with Crippen LogP contribution in [0.2, 0.25) is 0 Å². The quantitative estimate of drug-likeness (QED) is 0.614. The van der Waals surface area contributed by atoms with E-state index < -0.39 is 0 Å². The minimum Gasteiger partial charge on any atom is -0.478 e. The van der Waals surface area contributed by atoms with E-state index in [1.54, 1.807) is 6.07 Å². The first kappa shape index (κ1) is 7.69. The summed E-state index contributed by atoms with van der Waals surface area (Å²) in [5.41, 5.74) is 0.623. The zero-order valence-corrected chi connectivity index (χ0v) is 7.62. The van der Waals surface area contributed by atoms with Crippen molar-refractivity contribution in [3.8, 4) is 6.01 Å². The molecule has 0 aliphatic carbocycles. The van der Waals surface area contributed by atoms with E-state index in [-0.39, 0.29) is 11.8 Å². The minimum absolute atomic E-state index is 0.289. The number of rotatable bonds is 0. The Balaban J connectivity index is 2.55. The maximum atomic E-state index is 12.9. The van der Waals surface area contributed by atoms with Gasteiger partial charge < -0.3 is 5.11 Å². The Kier molecular flexibility index (Phi) is 1.33. The van der Waals surface area contributed by atoms with Crippen LogP contribution in [0.4, 0.5) is 4.39 Å². The maximum absolute atomic E-state index is 12.9. The molecule has 0 bridgehead atoms. The van der Waals surface area contributed by atoms with Crippen LogP contribution in [0.5, 0.6) is 6.01 Å².